The zero-order valence-electron chi connectivity index (χ0n) is 21.5. The average Bonchev–Trinajstić information content (AvgIpc) is 3.40. The smallest absolute Gasteiger partial charge is 0.254 e. The van der Waals surface area contributed by atoms with Crippen LogP contribution in [0.15, 0.2) is 60.0 Å². The predicted octanol–water partition coefficient (Wildman–Crippen LogP) is 6.10. The van der Waals surface area contributed by atoms with Gasteiger partial charge in [-0.2, -0.15) is 0 Å². The molecule has 0 radical (unpaired) electrons. The van der Waals surface area contributed by atoms with Gasteiger partial charge in [0, 0.05) is 28.6 Å². The molecule has 0 saturated carbocycles. The minimum Gasteiger partial charge on any atom is -0.493 e. The first-order chi connectivity index (χ1) is 17.9. The van der Waals surface area contributed by atoms with E-state index in [1.807, 2.05) is 29.2 Å². The van der Waals surface area contributed by atoms with Crippen molar-refractivity contribution < 1.29 is 19.1 Å². The molecule has 0 bridgehead atoms. The minimum atomic E-state index is -0.251. The van der Waals surface area contributed by atoms with Crippen molar-refractivity contribution in [3.63, 3.8) is 0 Å². The number of benzene rings is 2. The molecular formula is C29H33ClN2O4S. The van der Waals surface area contributed by atoms with Crippen LogP contribution in [0.25, 0.3) is 0 Å². The molecule has 0 unspecified atom stereocenters. The number of nitrogens with zero attached hydrogens (tertiary/aromatic N) is 2. The van der Waals surface area contributed by atoms with Crippen LogP contribution in [0.1, 0.15) is 47.1 Å². The fraction of sp³-hybridized carbons (Fsp3) is 0.379. The molecule has 8 heteroatoms. The van der Waals surface area contributed by atoms with Crippen molar-refractivity contribution in [1.82, 2.24) is 9.80 Å². The Bertz CT molecular complexity index is 1230. The molecule has 1 aliphatic rings. The van der Waals surface area contributed by atoms with Crippen LogP contribution in [0, 0.1) is 5.92 Å². The van der Waals surface area contributed by atoms with E-state index in [2.05, 4.69) is 25.3 Å². The lowest BCUT2D eigenvalue weighted by atomic mass is 10.00. The number of amides is 2. The lowest BCUT2D eigenvalue weighted by Gasteiger charge is -2.37. The summed E-state index contributed by atoms with van der Waals surface area (Å²) in [4.78, 5) is 32.0. The third-order valence-corrected chi connectivity index (χ3v) is 8.03. The maximum Gasteiger partial charge on any atom is 0.254 e. The predicted molar refractivity (Wildman–Crippen MR) is 148 cm³/mol. The number of para-hydroxylation sites is 2. The summed E-state index contributed by atoms with van der Waals surface area (Å²) in [5.41, 5.74) is 1.59. The van der Waals surface area contributed by atoms with Crippen LogP contribution in [-0.2, 0) is 11.2 Å². The molecule has 1 aromatic heterocycles. The molecular weight excluding hydrogens is 508 g/mol. The second-order valence-corrected chi connectivity index (χ2v) is 10.8. The molecule has 3 aromatic rings. The summed E-state index contributed by atoms with van der Waals surface area (Å²) in [5.74, 6) is 1.25. The van der Waals surface area contributed by atoms with E-state index in [0.29, 0.717) is 41.8 Å². The molecule has 6 nitrogen and oxygen atoms in total. The Balaban J connectivity index is 1.56. The number of carbonyl (C=O) groups is 2. The van der Waals surface area contributed by atoms with Gasteiger partial charge >= 0.3 is 0 Å². The number of carbonyl (C=O) groups excluding carboxylic acids is 2. The molecule has 196 valence electrons. The van der Waals surface area contributed by atoms with Crippen molar-refractivity contribution in [2.75, 3.05) is 33.4 Å². The van der Waals surface area contributed by atoms with Gasteiger partial charge in [-0.05, 0) is 59.7 Å². The van der Waals surface area contributed by atoms with Gasteiger partial charge in [-0.25, -0.2) is 0 Å². The first kappa shape index (κ1) is 27.0. The van der Waals surface area contributed by atoms with Crippen LogP contribution in [0.5, 0.6) is 11.5 Å². The highest BCUT2D eigenvalue weighted by Crippen LogP contribution is 2.35. The first-order valence-corrected chi connectivity index (χ1v) is 13.8. The van der Waals surface area contributed by atoms with E-state index in [4.69, 9.17) is 21.1 Å². The number of halogens is 1. The topological polar surface area (TPSA) is 59.1 Å². The molecule has 37 heavy (non-hydrogen) atoms. The molecule has 0 saturated heterocycles. The number of ether oxygens (including phenoxy) is 2. The van der Waals surface area contributed by atoms with Crippen LogP contribution in [0.4, 0.5) is 0 Å². The number of hydrogen-bond acceptors (Lipinski definition) is 5. The summed E-state index contributed by atoms with van der Waals surface area (Å²) < 4.78 is 11.6. The molecule has 0 aliphatic carbocycles. The van der Waals surface area contributed by atoms with Crippen LogP contribution in [-0.4, -0.2) is 55.0 Å². The minimum absolute atomic E-state index is 0.000313. The second kappa shape index (κ2) is 12.5. The Morgan fingerprint density at radius 2 is 1.95 bits per heavy atom. The Morgan fingerprint density at radius 3 is 2.68 bits per heavy atom. The van der Waals surface area contributed by atoms with E-state index >= 15 is 0 Å². The Kier molecular flexibility index (Phi) is 9.11. The number of hydrogen-bond donors (Lipinski definition) is 0. The number of rotatable bonds is 10. The molecule has 2 heterocycles. The quantitative estimate of drug-likeness (QED) is 0.311. The third kappa shape index (κ3) is 6.46. The molecule has 0 spiro atoms. The SMILES string of the molecule is CC[C@@H](C)CN(CC(=O)N1CCc2sccc2[C@@H]1COc1ccccc1OC)C(=O)c1cccc(Cl)c1. The van der Waals surface area contributed by atoms with E-state index in [1.54, 1.807) is 47.6 Å². The zero-order valence-corrected chi connectivity index (χ0v) is 23.1. The van der Waals surface area contributed by atoms with Crippen LogP contribution >= 0.6 is 22.9 Å². The number of fused-ring (bicyclic) bond motifs is 1. The van der Waals surface area contributed by atoms with E-state index in [0.717, 1.165) is 18.4 Å². The summed E-state index contributed by atoms with van der Waals surface area (Å²) in [6.07, 6.45) is 1.70. The van der Waals surface area contributed by atoms with E-state index in [9.17, 15) is 9.59 Å². The highest BCUT2D eigenvalue weighted by atomic mass is 35.5. The maximum absolute atomic E-state index is 13.8. The van der Waals surface area contributed by atoms with Gasteiger partial charge in [0.1, 0.15) is 13.2 Å². The van der Waals surface area contributed by atoms with Gasteiger partial charge in [0.05, 0.1) is 13.2 Å². The summed E-state index contributed by atoms with van der Waals surface area (Å²) >= 11 is 7.86. The van der Waals surface area contributed by atoms with Crippen LogP contribution in [0.3, 0.4) is 0 Å². The Morgan fingerprint density at radius 1 is 1.16 bits per heavy atom. The van der Waals surface area contributed by atoms with Crippen molar-refractivity contribution >= 4 is 34.8 Å². The van der Waals surface area contributed by atoms with Gasteiger partial charge in [-0.3, -0.25) is 9.59 Å². The van der Waals surface area contributed by atoms with Gasteiger partial charge in [-0.1, -0.05) is 50.1 Å². The summed E-state index contributed by atoms with van der Waals surface area (Å²) in [6.45, 7) is 5.54. The standard InChI is InChI=1S/C29H33ClN2O4S/c1-4-20(2)17-31(29(34)21-8-7-9-22(30)16-21)18-28(33)32-14-12-27-23(13-15-37-27)24(32)19-36-26-11-6-5-10-25(26)35-3/h5-11,13,15-16,20,24H,4,12,14,17-19H2,1-3H3/t20-,24+/m1/s1. The highest BCUT2D eigenvalue weighted by molar-refractivity contribution is 7.10. The maximum atomic E-state index is 13.8. The van der Waals surface area contributed by atoms with Crippen molar-refractivity contribution in [3.05, 3.63) is 81.0 Å². The molecule has 2 atom stereocenters. The van der Waals surface area contributed by atoms with Crippen LogP contribution < -0.4 is 9.47 Å². The van der Waals surface area contributed by atoms with Crippen LogP contribution in [0.2, 0.25) is 5.02 Å². The summed E-state index contributed by atoms with van der Waals surface area (Å²) in [6, 6.07) is 16.2. The van der Waals surface area contributed by atoms with Crippen molar-refractivity contribution in [1.29, 1.82) is 0 Å². The van der Waals surface area contributed by atoms with E-state index in [-0.39, 0.29) is 30.3 Å². The Labute approximate surface area is 227 Å². The molecule has 2 aromatic carbocycles. The lowest BCUT2D eigenvalue weighted by Crippen LogP contribution is -2.48. The summed E-state index contributed by atoms with van der Waals surface area (Å²) in [7, 11) is 1.61. The van der Waals surface area contributed by atoms with Gasteiger partial charge in [0.25, 0.3) is 5.91 Å². The molecule has 2 amide bonds. The normalized spacial score (nSPS) is 15.6. The fourth-order valence-corrected chi connectivity index (χ4v) is 5.68. The molecule has 0 N–H and O–H groups in total. The first-order valence-electron chi connectivity index (χ1n) is 12.6. The second-order valence-electron chi connectivity index (χ2n) is 9.32. The highest BCUT2D eigenvalue weighted by Gasteiger charge is 2.34. The van der Waals surface area contributed by atoms with Crippen molar-refractivity contribution in [3.8, 4) is 11.5 Å². The zero-order chi connectivity index (χ0) is 26.4. The fourth-order valence-electron chi connectivity index (χ4n) is 4.56. The van der Waals surface area contributed by atoms with E-state index in [1.165, 1.54) is 4.88 Å². The van der Waals surface area contributed by atoms with Gasteiger partial charge < -0.3 is 19.3 Å². The number of thiophene rings is 1. The third-order valence-electron chi connectivity index (χ3n) is 6.79. The summed E-state index contributed by atoms with van der Waals surface area (Å²) in [5, 5.41) is 2.56. The Hall–Kier alpha value is -3.03. The van der Waals surface area contributed by atoms with Gasteiger partial charge in [0.15, 0.2) is 11.5 Å². The molecule has 1 aliphatic heterocycles. The van der Waals surface area contributed by atoms with Gasteiger partial charge in [0.2, 0.25) is 5.91 Å². The van der Waals surface area contributed by atoms with Crippen molar-refractivity contribution in [2.45, 2.75) is 32.7 Å². The molecule has 0 fully saturated rings. The van der Waals surface area contributed by atoms with Crippen molar-refractivity contribution in [2.24, 2.45) is 5.92 Å². The number of methoxy groups -OCH3 is 1. The van der Waals surface area contributed by atoms with Gasteiger partial charge in [-0.15, -0.1) is 11.3 Å². The monoisotopic (exact) mass is 540 g/mol. The molecule has 4 rings (SSSR count). The van der Waals surface area contributed by atoms with E-state index < -0.39 is 0 Å². The average molecular weight is 541 g/mol. The lowest BCUT2D eigenvalue weighted by molar-refractivity contribution is -0.135. The largest absolute Gasteiger partial charge is 0.493 e.